The minimum atomic E-state index is -0.107. The number of hydrogen-bond acceptors (Lipinski definition) is 4. The van der Waals surface area contributed by atoms with Crippen LogP contribution in [0.15, 0.2) is 47.8 Å². The van der Waals surface area contributed by atoms with Crippen molar-refractivity contribution in [1.82, 2.24) is 4.98 Å². The predicted octanol–water partition coefficient (Wildman–Crippen LogP) is 5.16. The Hall–Kier alpha value is -2.66. The highest BCUT2D eigenvalue weighted by atomic mass is 32.1. The Labute approximate surface area is 163 Å². The Bertz CT molecular complexity index is 964. The van der Waals surface area contributed by atoms with E-state index in [1.165, 1.54) is 24.0 Å². The van der Waals surface area contributed by atoms with Crippen LogP contribution < -0.4 is 10.1 Å². The van der Waals surface area contributed by atoms with E-state index in [4.69, 9.17) is 4.74 Å². The Morgan fingerprint density at radius 2 is 2.04 bits per heavy atom. The molecule has 0 saturated heterocycles. The highest BCUT2D eigenvalue weighted by Gasteiger charge is 2.15. The summed E-state index contributed by atoms with van der Waals surface area (Å²) in [5.41, 5.74) is 5.07. The number of aryl methyl sites for hydroxylation is 2. The summed E-state index contributed by atoms with van der Waals surface area (Å²) in [6, 6.07) is 13.5. The van der Waals surface area contributed by atoms with Crippen LogP contribution in [0.25, 0.3) is 0 Å². The summed E-state index contributed by atoms with van der Waals surface area (Å²) in [5.74, 6) is 0.562. The van der Waals surface area contributed by atoms with E-state index in [1.807, 2.05) is 42.6 Å². The predicted molar refractivity (Wildman–Crippen MR) is 109 cm³/mol. The molecule has 1 aliphatic carbocycles. The van der Waals surface area contributed by atoms with Crippen molar-refractivity contribution in [3.63, 3.8) is 0 Å². The summed E-state index contributed by atoms with van der Waals surface area (Å²) in [7, 11) is 0. The maximum absolute atomic E-state index is 12.8. The molecular formula is C22H22N2O2S. The molecule has 1 N–H and O–H groups in total. The van der Waals surface area contributed by atoms with E-state index in [0.717, 1.165) is 29.2 Å². The van der Waals surface area contributed by atoms with Gasteiger partial charge in [0.15, 0.2) is 0 Å². The van der Waals surface area contributed by atoms with E-state index in [0.29, 0.717) is 17.9 Å². The number of carbonyl (C=O) groups excluding carboxylic acids is 1. The van der Waals surface area contributed by atoms with Crippen molar-refractivity contribution in [2.45, 2.75) is 39.2 Å². The summed E-state index contributed by atoms with van der Waals surface area (Å²) in [5, 5.41) is 6.10. The number of anilines is 1. The molecule has 1 aliphatic rings. The van der Waals surface area contributed by atoms with Gasteiger partial charge in [0.1, 0.15) is 12.4 Å². The fourth-order valence-corrected chi connectivity index (χ4v) is 4.05. The van der Waals surface area contributed by atoms with Crippen molar-refractivity contribution < 1.29 is 9.53 Å². The third-order valence-electron chi connectivity index (χ3n) is 4.79. The first-order chi connectivity index (χ1) is 13.2. The van der Waals surface area contributed by atoms with Crippen LogP contribution in [-0.2, 0) is 19.4 Å². The number of aromatic nitrogens is 1. The molecule has 0 bridgehead atoms. The fraction of sp³-hybridized carbons (Fsp3) is 0.273. The van der Waals surface area contributed by atoms with Crippen LogP contribution in [0.5, 0.6) is 5.75 Å². The number of benzene rings is 2. The molecule has 0 radical (unpaired) electrons. The van der Waals surface area contributed by atoms with Gasteiger partial charge in [-0.2, -0.15) is 0 Å². The molecule has 27 heavy (non-hydrogen) atoms. The van der Waals surface area contributed by atoms with Gasteiger partial charge in [-0.05, 0) is 68.0 Å². The van der Waals surface area contributed by atoms with Crippen LogP contribution in [0.3, 0.4) is 0 Å². The topological polar surface area (TPSA) is 51.2 Å². The number of nitrogens with one attached hydrogen (secondary N) is 1. The highest BCUT2D eigenvalue weighted by molar-refractivity contribution is 7.09. The SMILES string of the molecule is Cc1nc(COc2cccc(C(=O)Nc3cccc4c3CCCC4)c2)cs1. The van der Waals surface area contributed by atoms with Gasteiger partial charge in [0.25, 0.3) is 5.91 Å². The Morgan fingerprint density at radius 1 is 1.19 bits per heavy atom. The van der Waals surface area contributed by atoms with Gasteiger partial charge in [-0.25, -0.2) is 4.98 Å². The molecule has 2 aromatic carbocycles. The molecule has 4 nitrogen and oxygen atoms in total. The monoisotopic (exact) mass is 378 g/mol. The maximum Gasteiger partial charge on any atom is 0.255 e. The Balaban J connectivity index is 1.46. The average molecular weight is 378 g/mol. The zero-order chi connectivity index (χ0) is 18.6. The van der Waals surface area contributed by atoms with Crippen LogP contribution in [0.2, 0.25) is 0 Å². The number of carbonyl (C=O) groups is 1. The molecular weight excluding hydrogens is 356 g/mol. The number of amides is 1. The van der Waals surface area contributed by atoms with Gasteiger partial charge in [-0.3, -0.25) is 4.79 Å². The van der Waals surface area contributed by atoms with Crippen molar-refractivity contribution in [2.24, 2.45) is 0 Å². The van der Waals surface area contributed by atoms with Crippen molar-refractivity contribution in [3.8, 4) is 5.75 Å². The number of thiazole rings is 1. The summed E-state index contributed by atoms with van der Waals surface area (Å²) >= 11 is 1.60. The lowest BCUT2D eigenvalue weighted by molar-refractivity contribution is 0.102. The number of nitrogens with zero attached hydrogens (tertiary/aromatic N) is 1. The third-order valence-corrected chi connectivity index (χ3v) is 5.62. The molecule has 0 saturated carbocycles. The van der Waals surface area contributed by atoms with Crippen LogP contribution in [0.4, 0.5) is 5.69 Å². The summed E-state index contributed by atoms with van der Waals surface area (Å²) in [4.78, 5) is 17.1. The molecule has 0 atom stereocenters. The minimum Gasteiger partial charge on any atom is -0.487 e. The lowest BCUT2D eigenvalue weighted by atomic mass is 9.90. The second-order valence-corrected chi connectivity index (χ2v) is 7.84. The number of rotatable bonds is 5. The lowest BCUT2D eigenvalue weighted by Crippen LogP contribution is -2.15. The summed E-state index contributed by atoms with van der Waals surface area (Å²) in [6.07, 6.45) is 4.53. The summed E-state index contributed by atoms with van der Waals surface area (Å²) in [6.45, 7) is 2.38. The van der Waals surface area contributed by atoms with Gasteiger partial charge in [-0.1, -0.05) is 18.2 Å². The number of fused-ring (bicyclic) bond motifs is 1. The van der Waals surface area contributed by atoms with E-state index < -0.39 is 0 Å². The maximum atomic E-state index is 12.8. The fourth-order valence-electron chi connectivity index (χ4n) is 3.45. The van der Waals surface area contributed by atoms with Gasteiger partial charge in [0, 0.05) is 16.6 Å². The van der Waals surface area contributed by atoms with Crippen molar-refractivity contribution in [1.29, 1.82) is 0 Å². The van der Waals surface area contributed by atoms with Crippen LogP contribution in [0.1, 0.15) is 45.0 Å². The second-order valence-electron chi connectivity index (χ2n) is 6.78. The van der Waals surface area contributed by atoms with Gasteiger partial charge < -0.3 is 10.1 Å². The summed E-state index contributed by atoms with van der Waals surface area (Å²) < 4.78 is 5.80. The second kappa shape index (κ2) is 7.92. The van der Waals surface area contributed by atoms with Gasteiger partial charge in [0.05, 0.1) is 10.7 Å². The van der Waals surface area contributed by atoms with E-state index in [-0.39, 0.29) is 5.91 Å². The third kappa shape index (κ3) is 4.19. The molecule has 0 fully saturated rings. The molecule has 0 unspecified atom stereocenters. The molecule has 138 valence electrons. The van der Waals surface area contributed by atoms with E-state index in [2.05, 4.69) is 16.4 Å². The smallest absolute Gasteiger partial charge is 0.255 e. The lowest BCUT2D eigenvalue weighted by Gasteiger charge is -2.19. The first kappa shape index (κ1) is 17.7. The molecule has 1 heterocycles. The van der Waals surface area contributed by atoms with E-state index >= 15 is 0 Å². The van der Waals surface area contributed by atoms with Gasteiger partial charge in [-0.15, -0.1) is 11.3 Å². The highest BCUT2D eigenvalue weighted by Crippen LogP contribution is 2.28. The van der Waals surface area contributed by atoms with Crippen LogP contribution in [0, 0.1) is 6.92 Å². The zero-order valence-corrected chi connectivity index (χ0v) is 16.1. The van der Waals surface area contributed by atoms with E-state index in [9.17, 15) is 4.79 Å². The molecule has 3 aromatic rings. The molecule has 1 aromatic heterocycles. The average Bonchev–Trinajstić information content (AvgIpc) is 3.12. The Morgan fingerprint density at radius 3 is 2.89 bits per heavy atom. The Kier molecular flexibility index (Phi) is 5.21. The normalized spacial score (nSPS) is 13.1. The van der Waals surface area contributed by atoms with Crippen molar-refractivity contribution >= 4 is 22.9 Å². The van der Waals surface area contributed by atoms with Crippen LogP contribution >= 0.6 is 11.3 Å². The number of hydrogen-bond donors (Lipinski definition) is 1. The van der Waals surface area contributed by atoms with E-state index in [1.54, 1.807) is 17.4 Å². The van der Waals surface area contributed by atoms with Crippen LogP contribution in [-0.4, -0.2) is 10.9 Å². The molecule has 5 heteroatoms. The largest absolute Gasteiger partial charge is 0.487 e. The number of ether oxygens (including phenoxy) is 1. The first-order valence-electron chi connectivity index (χ1n) is 9.25. The molecule has 0 aliphatic heterocycles. The first-order valence-corrected chi connectivity index (χ1v) is 10.1. The molecule has 4 rings (SSSR count). The quantitative estimate of drug-likeness (QED) is 0.667. The molecule has 0 spiro atoms. The van der Waals surface area contributed by atoms with Crippen molar-refractivity contribution in [3.05, 3.63) is 75.2 Å². The zero-order valence-electron chi connectivity index (χ0n) is 15.3. The molecule has 1 amide bonds. The van der Waals surface area contributed by atoms with Gasteiger partial charge in [0.2, 0.25) is 0 Å². The minimum absolute atomic E-state index is 0.107. The van der Waals surface area contributed by atoms with Gasteiger partial charge >= 0.3 is 0 Å². The standard InChI is InChI=1S/C22H22N2O2S/c1-15-23-18(14-27-15)13-26-19-9-4-8-17(12-19)22(25)24-21-11-5-7-16-6-2-3-10-20(16)21/h4-5,7-9,11-12,14H,2-3,6,10,13H2,1H3,(H,24,25). The van der Waals surface area contributed by atoms with Crippen molar-refractivity contribution in [2.75, 3.05) is 5.32 Å².